The molecule has 1 aromatic carbocycles. The molecule has 2 heterocycles. The Morgan fingerprint density at radius 2 is 1.94 bits per heavy atom. The van der Waals surface area contributed by atoms with Crippen molar-refractivity contribution >= 4 is 29.9 Å². The van der Waals surface area contributed by atoms with Crippen LogP contribution in [0, 0.1) is 11.6 Å². The van der Waals surface area contributed by atoms with Crippen LogP contribution in [0.4, 0.5) is 8.78 Å². The number of piperidine rings is 1. The van der Waals surface area contributed by atoms with Gasteiger partial charge >= 0.3 is 0 Å². The molecule has 0 saturated carbocycles. The van der Waals surface area contributed by atoms with E-state index in [9.17, 15) is 8.78 Å². The topological polar surface area (TPSA) is 49.3 Å². The molecular weight excluding hydrogens is 529 g/mol. The summed E-state index contributed by atoms with van der Waals surface area (Å²) in [6.07, 6.45) is 4.56. The molecule has 9 heteroatoms. The van der Waals surface area contributed by atoms with Crippen LogP contribution in [0.5, 0.6) is 0 Å². The maximum absolute atomic E-state index is 14.4. The summed E-state index contributed by atoms with van der Waals surface area (Å²) < 4.78 is 40.4. The van der Waals surface area contributed by atoms with Crippen molar-refractivity contribution in [1.29, 1.82) is 0 Å². The van der Waals surface area contributed by atoms with E-state index < -0.39 is 17.7 Å². The number of aliphatic imine (C=N–C) groups is 1. The fourth-order valence-corrected chi connectivity index (χ4v) is 4.19. The van der Waals surface area contributed by atoms with Crippen molar-refractivity contribution in [2.45, 2.75) is 50.9 Å². The first-order valence-corrected chi connectivity index (χ1v) is 11.4. The molecule has 0 bridgehead atoms. The average Bonchev–Trinajstić information content (AvgIpc) is 3.27. The van der Waals surface area contributed by atoms with E-state index in [2.05, 4.69) is 10.2 Å². The van der Waals surface area contributed by atoms with Crippen molar-refractivity contribution in [1.82, 2.24) is 15.1 Å². The number of hydrogen-bond acceptors (Lipinski definition) is 4. The second-order valence-electron chi connectivity index (χ2n) is 8.46. The minimum atomic E-state index is -0.539. The van der Waals surface area contributed by atoms with Crippen LogP contribution < -0.4 is 5.32 Å². The zero-order valence-electron chi connectivity index (χ0n) is 19.4. The SMILES string of the molecule is CCNC(=NCC(c1c(F)cccc1F)N(C)C)N1CCC(OCC2CCCO2)CC1.I. The molecule has 2 aliphatic rings. The minimum absolute atomic E-state index is 0. The third-order valence-electron chi connectivity index (χ3n) is 5.99. The molecule has 0 spiro atoms. The Bertz CT molecular complexity index is 704. The highest BCUT2D eigenvalue weighted by Crippen LogP contribution is 2.25. The van der Waals surface area contributed by atoms with Crippen LogP contribution in [0.25, 0.3) is 0 Å². The number of benzene rings is 1. The van der Waals surface area contributed by atoms with Gasteiger partial charge in [-0.15, -0.1) is 24.0 Å². The van der Waals surface area contributed by atoms with Crippen LogP contribution >= 0.6 is 24.0 Å². The molecule has 0 radical (unpaired) electrons. The Balaban J connectivity index is 0.00000363. The Hall–Kier alpha value is -1.04. The molecular formula is C23H37F2IN4O2. The van der Waals surface area contributed by atoms with Crippen LogP contribution in [0.15, 0.2) is 23.2 Å². The van der Waals surface area contributed by atoms with Gasteiger partial charge in [-0.2, -0.15) is 0 Å². The molecule has 0 aliphatic carbocycles. The first-order chi connectivity index (χ1) is 15.0. The van der Waals surface area contributed by atoms with Gasteiger partial charge in [-0.25, -0.2) is 8.78 Å². The van der Waals surface area contributed by atoms with Crippen LogP contribution in [0.3, 0.4) is 0 Å². The Labute approximate surface area is 207 Å². The van der Waals surface area contributed by atoms with Gasteiger partial charge in [0.2, 0.25) is 0 Å². The summed E-state index contributed by atoms with van der Waals surface area (Å²) in [5.41, 5.74) is 0.0633. The monoisotopic (exact) mass is 566 g/mol. The van der Waals surface area contributed by atoms with E-state index in [1.165, 1.54) is 18.2 Å². The quantitative estimate of drug-likeness (QED) is 0.295. The van der Waals surface area contributed by atoms with E-state index in [0.717, 1.165) is 57.9 Å². The average molecular weight is 566 g/mol. The number of likely N-dealkylation sites (N-methyl/N-ethyl adjacent to an activating group) is 1. The summed E-state index contributed by atoms with van der Waals surface area (Å²) in [5.74, 6) is -0.296. The van der Waals surface area contributed by atoms with E-state index in [-0.39, 0.29) is 48.3 Å². The van der Waals surface area contributed by atoms with Gasteiger partial charge in [0.15, 0.2) is 5.96 Å². The number of rotatable bonds is 8. The molecule has 182 valence electrons. The van der Waals surface area contributed by atoms with Crippen molar-refractivity contribution in [2.75, 3.05) is 53.5 Å². The van der Waals surface area contributed by atoms with Crippen molar-refractivity contribution in [3.63, 3.8) is 0 Å². The largest absolute Gasteiger partial charge is 0.376 e. The van der Waals surface area contributed by atoms with Gasteiger partial charge in [0.1, 0.15) is 11.6 Å². The number of hydrogen-bond donors (Lipinski definition) is 1. The maximum Gasteiger partial charge on any atom is 0.193 e. The van der Waals surface area contributed by atoms with E-state index >= 15 is 0 Å². The standard InChI is InChI=1S/C23H36F2N4O2.HI/c1-4-26-23(27-15-21(28(2)3)22-19(24)8-5-9-20(22)25)29-12-10-17(11-13-29)31-16-18-7-6-14-30-18;/h5,8-9,17-18,21H,4,6-7,10-16H2,1-3H3,(H,26,27);1H. The highest BCUT2D eigenvalue weighted by molar-refractivity contribution is 14.0. The number of halogens is 3. The summed E-state index contributed by atoms with van der Waals surface area (Å²) >= 11 is 0. The highest BCUT2D eigenvalue weighted by Gasteiger charge is 2.26. The molecule has 1 N–H and O–H groups in total. The van der Waals surface area contributed by atoms with Gasteiger partial charge in [0.05, 0.1) is 31.4 Å². The van der Waals surface area contributed by atoms with Crippen LogP contribution in [-0.4, -0.2) is 81.5 Å². The van der Waals surface area contributed by atoms with Gasteiger partial charge < -0.3 is 24.6 Å². The third-order valence-corrected chi connectivity index (χ3v) is 5.99. The van der Waals surface area contributed by atoms with E-state index in [1.807, 2.05) is 21.0 Å². The van der Waals surface area contributed by atoms with Crippen LogP contribution in [0.1, 0.15) is 44.2 Å². The number of likely N-dealkylation sites (tertiary alicyclic amines) is 1. The summed E-state index contributed by atoms with van der Waals surface area (Å²) in [6, 6.07) is 3.50. The number of nitrogens with one attached hydrogen (secondary N) is 1. The predicted molar refractivity (Wildman–Crippen MR) is 134 cm³/mol. The molecule has 32 heavy (non-hydrogen) atoms. The number of nitrogens with zero attached hydrogens (tertiary/aromatic N) is 3. The molecule has 0 aromatic heterocycles. The molecule has 2 saturated heterocycles. The lowest BCUT2D eigenvalue weighted by Gasteiger charge is -2.35. The van der Waals surface area contributed by atoms with Gasteiger partial charge in [-0.1, -0.05) is 6.07 Å². The zero-order chi connectivity index (χ0) is 22.2. The fraction of sp³-hybridized carbons (Fsp3) is 0.696. The number of ether oxygens (including phenoxy) is 2. The number of guanidine groups is 1. The van der Waals surface area contributed by atoms with Gasteiger partial charge in [-0.05, 0) is 58.8 Å². The predicted octanol–water partition coefficient (Wildman–Crippen LogP) is 3.81. The Morgan fingerprint density at radius 1 is 1.25 bits per heavy atom. The molecule has 2 unspecified atom stereocenters. The van der Waals surface area contributed by atoms with E-state index in [1.54, 1.807) is 4.90 Å². The van der Waals surface area contributed by atoms with Gasteiger partial charge in [0.25, 0.3) is 0 Å². The van der Waals surface area contributed by atoms with Crippen molar-refractivity contribution < 1.29 is 18.3 Å². The maximum atomic E-state index is 14.4. The first kappa shape index (κ1) is 27.2. The molecule has 6 nitrogen and oxygen atoms in total. The molecule has 2 atom stereocenters. The summed E-state index contributed by atoms with van der Waals surface area (Å²) in [6.45, 7) is 6.22. The second kappa shape index (κ2) is 13.6. The molecule has 2 aliphatic heterocycles. The van der Waals surface area contributed by atoms with E-state index in [4.69, 9.17) is 14.5 Å². The summed E-state index contributed by atoms with van der Waals surface area (Å²) in [4.78, 5) is 8.76. The van der Waals surface area contributed by atoms with Gasteiger partial charge in [0, 0.05) is 31.8 Å². The summed E-state index contributed by atoms with van der Waals surface area (Å²) in [5, 5.41) is 3.33. The van der Waals surface area contributed by atoms with Crippen molar-refractivity contribution in [3.8, 4) is 0 Å². The second-order valence-corrected chi connectivity index (χ2v) is 8.46. The lowest BCUT2D eigenvalue weighted by atomic mass is 10.0. The zero-order valence-corrected chi connectivity index (χ0v) is 21.7. The molecule has 1 aromatic rings. The highest BCUT2D eigenvalue weighted by atomic mass is 127. The lowest BCUT2D eigenvalue weighted by molar-refractivity contribution is -0.0367. The van der Waals surface area contributed by atoms with Crippen LogP contribution in [-0.2, 0) is 9.47 Å². The first-order valence-electron chi connectivity index (χ1n) is 11.4. The van der Waals surface area contributed by atoms with Crippen molar-refractivity contribution in [3.05, 3.63) is 35.4 Å². The Morgan fingerprint density at radius 3 is 2.50 bits per heavy atom. The smallest absolute Gasteiger partial charge is 0.193 e. The van der Waals surface area contributed by atoms with Crippen molar-refractivity contribution in [2.24, 2.45) is 4.99 Å². The minimum Gasteiger partial charge on any atom is -0.376 e. The Kier molecular flexibility index (Phi) is 11.6. The summed E-state index contributed by atoms with van der Waals surface area (Å²) in [7, 11) is 3.63. The van der Waals surface area contributed by atoms with Gasteiger partial charge in [-0.3, -0.25) is 4.99 Å². The van der Waals surface area contributed by atoms with Crippen LogP contribution in [0.2, 0.25) is 0 Å². The molecule has 3 rings (SSSR count). The third kappa shape index (κ3) is 7.50. The lowest BCUT2D eigenvalue weighted by Crippen LogP contribution is -2.47. The van der Waals surface area contributed by atoms with E-state index in [0.29, 0.717) is 6.61 Å². The molecule has 2 fully saturated rings. The fourth-order valence-electron chi connectivity index (χ4n) is 4.19. The molecule has 0 amide bonds. The normalized spacial score (nSPS) is 21.0.